The van der Waals surface area contributed by atoms with Crippen molar-refractivity contribution in [1.82, 2.24) is 10.2 Å². The minimum absolute atomic E-state index is 0.0668. The summed E-state index contributed by atoms with van der Waals surface area (Å²) >= 11 is 0. The molecule has 4 heteroatoms. The standard InChI is InChI=1S/C22H28N2O2/c1-17(2)24-14-12-18(13-15-24)16-23-22(25)20-10-6-7-11-21(20)26-19-8-4-3-5-9-19/h3-11,17-18H,12-16H2,1-2H3,(H,23,25). The Balaban J connectivity index is 1.57. The Hall–Kier alpha value is -2.33. The number of carbonyl (C=O) groups is 1. The first-order chi connectivity index (χ1) is 12.6. The molecular weight excluding hydrogens is 324 g/mol. The zero-order chi connectivity index (χ0) is 18.4. The predicted octanol–water partition coefficient (Wildman–Crippen LogP) is 4.33. The van der Waals surface area contributed by atoms with Gasteiger partial charge in [0.15, 0.2) is 0 Å². The summed E-state index contributed by atoms with van der Waals surface area (Å²) in [4.78, 5) is 15.2. The second-order valence-corrected chi connectivity index (χ2v) is 7.19. The number of nitrogens with one attached hydrogen (secondary N) is 1. The van der Waals surface area contributed by atoms with Crippen molar-refractivity contribution in [1.29, 1.82) is 0 Å². The molecule has 1 heterocycles. The van der Waals surface area contributed by atoms with Gasteiger partial charge in [0.05, 0.1) is 5.56 Å². The zero-order valence-electron chi connectivity index (χ0n) is 15.7. The summed E-state index contributed by atoms with van der Waals surface area (Å²) in [6, 6.07) is 17.6. The number of amides is 1. The fourth-order valence-electron chi connectivity index (χ4n) is 3.36. The van der Waals surface area contributed by atoms with E-state index in [1.165, 1.54) is 0 Å². The molecule has 0 spiro atoms. The molecule has 0 aliphatic carbocycles. The molecule has 0 saturated carbocycles. The smallest absolute Gasteiger partial charge is 0.255 e. The number of rotatable bonds is 6. The number of ether oxygens (including phenoxy) is 1. The topological polar surface area (TPSA) is 41.6 Å². The van der Waals surface area contributed by atoms with Crippen molar-refractivity contribution in [3.63, 3.8) is 0 Å². The van der Waals surface area contributed by atoms with Gasteiger partial charge in [-0.3, -0.25) is 4.79 Å². The van der Waals surface area contributed by atoms with E-state index in [0.29, 0.717) is 23.3 Å². The monoisotopic (exact) mass is 352 g/mol. The van der Waals surface area contributed by atoms with Gasteiger partial charge in [0.25, 0.3) is 5.91 Å². The van der Waals surface area contributed by atoms with Crippen LogP contribution in [0.5, 0.6) is 11.5 Å². The lowest BCUT2D eigenvalue weighted by Gasteiger charge is -2.34. The molecule has 0 atom stereocenters. The van der Waals surface area contributed by atoms with Gasteiger partial charge in [0.1, 0.15) is 11.5 Å². The van der Waals surface area contributed by atoms with Gasteiger partial charge in [0, 0.05) is 12.6 Å². The maximum absolute atomic E-state index is 12.7. The summed E-state index contributed by atoms with van der Waals surface area (Å²) in [5, 5.41) is 3.10. The maximum Gasteiger partial charge on any atom is 0.255 e. The Labute approximate surface area is 156 Å². The molecule has 0 unspecified atom stereocenters. The highest BCUT2D eigenvalue weighted by atomic mass is 16.5. The van der Waals surface area contributed by atoms with E-state index in [9.17, 15) is 4.79 Å². The van der Waals surface area contributed by atoms with Crippen LogP contribution in [-0.4, -0.2) is 36.5 Å². The number of hydrogen-bond donors (Lipinski definition) is 1. The number of carbonyl (C=O) groups excluding carboxylic acids is 1. The molecule has 0 bridgehead atoms. The van der Waals surface area contributed by atoms with Gasteiger partial charge in [-0.1, -0.05) is 30.3 Å². The molecule has 4 nitrogen and oxygen atoms in total. The first-order valence-corrected chi connectivity index (χ1v) is 9.47. The van der Waals surface area contributed by atoms with E-state index < -0.39 is 0 Å². The molecule has 1 aliphatic rings. The van der Waals surface area contributed by atoms with Gasteiger partial charge < -0.3 is 15.0 Å². The van der Waals surface area contributed by atoms with Crippen LogP contribution in [0, 0.1) is 5.92 Å². The van der Waals surface area contributed by atoms with E-state index in [4.69, 9.17) is 4.74 Å². The molecule has 1 saturated heterocycles. The van der Waals surface area contributed by atoms with Crippen LogP contribution < -0.4 is 10.1 Å². The lowest BCUT2D eigenvalue weighted by atomic mass is 9.96. The fourth-order valence-corrected chi connectivity index (χ4v) is 3.36. The van der Waals surface area contributed by atoms with Gasteiger partial charge in [-0.05, 0) is 70.0 Å². The Morgan fingerprint density at radius 1 is 1.08 bits per heavy atom. The highest BCUT2D eigenvalue weighted by Crippen LogP contribution is 2.25. The van der Waals surface area contributed by atoms with E-state index in [1.54, 1.807) is 0 Å². The van der Waals surface area contributed by atoms with Crippen LogP contribution in [0.25, 0.3) is 0 Å². The third-order valence-electron chi connectivity index (χ3n) is 5.03. The molecule has 26 heavy (non-hydrogen) atoms. The summed E-state index contributed by atoms with van der Waals surface area (Å²) in [5.41, 5.74) is 0.580. The molecular formula is C22H28N2O2. The van der Waals surface area contributed by atoms with E-state index in [2.05, 4.69) is 24.1 Å². The number of benzene rings is 2. The van der Waals surface area contributed by atoms with Crippen molar-refractivity contribution >= 4 is 5.91 Å². The lowest BCUT2D eigenvalue weighted by Crippen LogP contribution is -2.41. The molecule has 2 aromatic rings. The second kappa shape index (κ2) is 8.86. The van der Waals surface area contributed by atoms with Gasteiger partial charge in [-0.2, -0.15) is 0 Å². The van der Waals surface area contributed by atoms with Crippen LogP contribution >= 0.6 is 0 Å². The minimum Gasteiger partial charge on any atom is -0.457 e. The second-order valence-electron chi connectivity index (χ2n) is 7.19. The summed E-state index contributed by atoms with van der Waals surface area (Å²) in [6.45, 7) is 7.44. The van der Waals surface area contributed by atoms with Crippen molar-refractivity contribution in [2.75, 3.05) is 19.6 Å². The van der Waals surface area contributed by atoms with Crippen molar-refractivity contribution < 1.29 is 9.53 Å². The summed E-state index contributed by atoms with van der Waals surface area (Å²) in [7, 11) is 0. The molecule has 1 N–H and O–H groups in total. The highest BCUT2D eigenvalue weighted by Gasteiger charge is 2.22. The first-order valence-electron chi connectivity index (χ1n) is 9.47. The van der Waals surface area contributed by atoms with Crippen molar-refractivity contribution in [3.8, 4) is 11.5 Å². The maximum atomic E-state index is 12.7. The highest BCUT2D eigenvalue weighted by molar-refractivity contribution is 5.97. The molecule has 1 amide bonds. The van der Waals surface area contributed by atoms with Crippen LogP contribution in [-0.2, 0) is 0 Å². The number of likely N-dealkylation sites (tertiary alicyclic amines) is 1. The number of nitrogens with zero attached hydrogens (tertiary/aromatic N) is 1. The van der Waals surface area contributed by atoms with Crippen molar-refractivity contribution in [2.24, 2.45) is 5.92 Å². The number of para-hydroxylation sites is 2. The molecule has 1 fully saturated rings. The van der Waals surface area contributed by atoms with E-state index >= 15 is 0 Å². The van der Waals surface area contributed by atoms with Crippen LogP contribution in [0.4, 0.5) is 0 Å². The number of piperidine rings is 1. The summed E-state index contributed by atoms with van der Waals surface area (Å²) < 4.78 is 5.90. The minimum atomic E-state index is -0.0668. The lowest BCUT2D eigenvalue weighted by molar-refractivity contribution is 0.0927. The van der Waals surface area contributed by atoms with E-state index in [0.717, 1.165) is 38.2 Å². The predicted molar refractivity (Wildman–Crippen MR) is 105 cm³/mol. The summed E-state index contributed by atoms with van der Waals surface area (Å²) in [6.07, 6.45) is 2.28. The molecule has 138 valence electrons. The molecule has 3 rings (SSSR count). The van der Waals surface area contributed by atoms with Gasteiger partial charge in [0.2, 0.25) is 0 Å². The van der Waals surface area contributed by atoms with Crippen LogP contribution in [0.3, 0.4) is 0 Å². The number of hydrogen-bond acceptors (Lipinski definition) is 3. The molecule has 0 aromatic heterocycles. The average Bonchev–Trinajstić information content (AvgIpc) is 2.67. The molecule has 2 aromatic carbocycles. The average molecular weight is 352 g/mol. The third kappa shape index (κ3) is 4.85. The SMILES string of the molecule is CC(C)N1CCC(CNC(=O)c2ccccc2Oc2ccccc2)CC1. The van der Waals surface area contributed by atoms with E-state index in [-0.39, 0.29) is 5.91 Å². The van der Waals surface area contributed by atoms with Crippen molar-refractivity contribution in [3.05, 3.63) is 60.2 Å². The van der Waals surface area contributed by atoms with Crippen molar-refractivity contribution in [2.45, 2.75) is 32.7 Å². The Morgan fingerprint density at radius 2 is 1.73 bits per heavy atom. The largest absolute Gasteiger partial charge is 0.457 e. The molecule has 1 aliphatic heterocycles. The Morgan fingerprint density at radius 3 is 2.42 bits per heavy atom. The molecule has 0 radical (unpaired) electrons. The third-order valence-corrected chi connectivity index (χ3v) is 5.03. The quantitative estimate of drug-likeness (QED) is 0.841. The van der Waals surface area contributed by atoms with Crippen LogP contribution in [0.2, 0.25) is 0 Å². The van der Waals surface area contributed by atoms with E-state index in [1.807, 2.05) is 54.6 Å². The van der Waals surface area contributed by atoms with Gasteiger partial charge in [-0.15, -0.1) is 0 Å². The fraction of sp³-hybridized carbons (Fsp3) is 0.409. The van der Waals surface area contributed by atoms with Crippen LogP contribution in [0.15, 0.2) is 54.6 Å². The van der Waals surface area contributed by atoms with Gasteiger partial charge >= 0.3 is 0 Å². The zero-order valence-corrected chi connectivity index (χ0v) is 15.7. The van der Waals surface area contributed by atoms with Crippen LogP contribution in [0.1, 0.15) is 37.0 Å². The summed E-state index contributed by atoms with van der Waals surface area (Å²) in [5.74, 6) is 1.80. The Bertz CT molecular complexity index is 707. The normalized spacial score (nSPS) is 15.8. The van der Waals surface area contributed by atoms with Gasteiger partial charge in [-0.25, -0.2) is 0 Å². The Kier molecular flexibility index (Phi) is 6.29. The first kappa shape index (κ1) is 18.5.